The number of nitro groups is 1. The van der Waals surface area contributed by atoms with Crippen molar-refractivity contribution in [3.8, 4) is 0 Å². The Bertz CT molecular complexity index is 449. The van der Waals surface area contributed by atoms with E-state index >= 15 is 0 Å². The van der Waals surface area contributed by atoms with Gasteiger partial charge in [0, 0.05) is 0 Å². The maximum atomic E-state index is 9.99. The molecule has 0 aliphatic rings. The minimum atomic E-state index is -0.785. The number of nitrogens with zero attached hydrogens (tertiary/aromatic N) is 7. The van der Waals surface area contributed by atoms with Crippen LogP contribution >= 0.6 is 0 Å². The molecular formula is C3H2N8O2. The molecule has 10 heteroatoms. The molecule has 2 rings (SSSR count). The molecule has 0 aliphatic heterocycles. The molecule has 13 heavy (non-hydrogen) atoms. The molecule has 2 heterocycles. The summed E-state index contributed by atoms with van der Waals surface area (Å²) in [5.41, 5.74) is 1.75. The molecule has 2 aromatic heterocycles. The summed E-state index contributed by atoms with van der Waals surface area (Å²) in [5, 5.41) is 26.7. The van der Waals surface area contributed by atoms with Crippen LogP contribution in [0.2, 0.25) is 0 Å². The van der Waals surface area contributed by atoms with Crippen LogP contribution in [0.5, 0.6) is 0 Å². The molecule has 10 nitrogen and oxygen atoms in total. The molecule has 0 aliphatic carbocycles. The fraction of sp³-hybridized carbons (Fsp3) is 0. The highest BCUT2D eigenvalue weighted by molar-refractivity contribution is 5.24. The van der Waals surface area contributed by atoms with Gasteiger partial charge in [-0.1, -0.05) is 5.43 Å². The molecule has 0 saturated heterocycles. The maximum Gasteiger partial charge on any atom is 0.321 e. The van der Waals surface area contributed by atoms with E-state index in [0.29, 0.717) is 0 Å². The summed E-state index contributed by atoms with van der Waals surface area (Å²) < 4.78 is 1.17. The molecular weight excluding hydrogens is 180 g/mol. The van der Waals surface area contributed by atoms with Crippen molar-refractivity contribution in [3.63, 3.8) is 0 Å². The van der Waals surface area contributed by atoms with Crippen molar-refractivity contribution >= 4 is 11.7 Å². The van der Waals surface area contributed by atoms with Gasteiger partial charge in [-0.2, -0.15) is 4.52 Å². The van der Waals surface area contributed by atoms with Crippen molar-refractivity contribution in [1.29, 1.82) is 0 Å². The molecule has 0 saturated carbocycles. The Morgan fingerprint density at radius 2 is 2.31 bits per heavy atom. The van der Waals surface area contributed by atoms with E-state index in [1.807, 2.05) is 0 Å². The number of rotatable bonds is 2. The normalized spacial score (nSPS) is 10.2. The van der Waals surface area contributed by atoms with Gasteiger partial charge < -0.3 is 0 Å². The van der Waals surface area contributed by atoms with Gasteiger partial charge in [0.05, 0.1) is 0 Å². The molecule has 0 unspecified atom stereocenters. The third-order valence-electron chi connectivity index (χ3n) is 1.14. The predicted molar refractivity (Wildman–Crippen MR) is 37.0 cm³/mol. The second-order valence-electron chi connectivity index (χ2n) is 1.97. The number of aromatic nitrogens is 6. The highest BCUT2D eigenvalue weighted by Gasteiger charge is 2.05. The van der Waals surface area contributed by atoms with Gasteiger partial charge in [-0.15, -0.1) is 25.5 Å². The van der Waals surface area contributed by atoms with Crippen LogP contribution in [0.1, 0.15) is 0 Å². The van der Waals surface area contributed by atoms with Crippen LogP contribution in [0, 0.1) is 10.1 Å². The van der Waals surface area contributed by atoms with Crippen molar-refractivity contribution in [2.45, 2.75) is 0 Å². The molecule has 0 spiro atoms. The lowest BCUT2D eigenvalue weighted by molar-refractivity contribution is -0.446. The van der Waals surface area contributed by atoms with E-state index in [1.54, 1.807) is 5.43 Å². The van der Waals surface area contributed by atoms with Gasteiger partial charge in [0.1, 0.15) is 6.33 Å². The Balaban J connectivity index is 2.42. The number of anilines is 1. The van der Waals surface area contributed by atoms with Crippen LogP contribution in [-0.2, 0) is 0 Å². The molecule has 0 amide bonds. The van der Waals surface area contributed by atoms with Crippen LogP contribution in [-0.4, -0.2) is 35.0 Å². The largest absolute Gasteiger partial charge is 0.321 e. The quantitative estimate of drug-likeness (QED) is 0.440. The zero-order chi connectivity index (χ0) is 9.26. The average molecular weight is 182 g/mol. The van der Waals surface area contributed by atoms with Gasteiger partial charge in [-0.3, -0.25) is 0 Å². The third-order valence-corrected chi connectivity index (χ3v) is 1.14. The van der Waals surface area contributed by atoms with E-state index in [-0.39, 0.29) is 11.7 Å². The Labute approximate surface area is 69.7 Å². The highest BCUT2D eigenvalue weighted by Crippen LogP contribution is 1.94. The topological polar surface area (TPSA) is 124 Å². The number of hydrogen-bond donors (Lipinski definition) is 1. The fourth-order valence-electron chi connectivity index (χ4n) is 0.701. The lowest BCUT2D eigenvalue weighted by Crippen LogP contribution is -2.13. The summed E-state index contributed by atoms with van der Waals surface area (Å²) in [5.74, 6) is -0.0498. The van der Waals surface area contributed by atoms with E-state index < -0.39 is 5.03 Å². The van der Waals surface area contributed by atoms with Crippen LogP contribution < -0.4 is 5.43 Å². The number of fused-ring (bicyclic) bond motifs is 1. The van der Waals surface area contributed by atoms with Crippen molar-refractivity contribution in [1.82, 2.24) is 30.0 Å². The summed E-state index contributed by atoms with van der Waals surface area (Å²) in [6.07, 6.45) is 1.26. The summed E-state index contributed by atoms with van der Waals surface area (Å²) in [7, 11) is 0. The van der Waals surface area contributed by atoms with Crippen LogP contribution in [0.3, 0.4) is 0 Å². The van der Waals surface area contributed by atoms with Crippen LogP contribution in [0.25, 0.3) is 5.78 Å². The van der Waals surface area contributed by atoms with Crippen molar-refractivity contribution in [3.05, 3.63) is 16.4 Å². The molecule has 1 N–H and O–H groups in total. The smallest absolute Gasteiger partial charge is 0.234 e. The first-order valence-electron chi connectivity index (χ1n) is 3.07. The number of hydrazine groups is 1. The van der Waals surface area contributed by atoms with E-state index in [2.05, 4.69) is 25.5 Å². The summed E-state index contributed by atoms with van der Waals surface area (Å²) >= 11 is 0. The van der Waals surface area contributed by atoms with E-state index in [4.69, 9.17) is 0 Å². The highest BCUT2D eigenvalue weighted by atomic mass is 16.7. The van der Waals surface area contributed by atoms with Gasteiger partial charge in [-0.05, 0) is 0 Å². The Morgan fingerprint density at radius 3 is 3.08 bits per heavy atom. The Kier molecular flexibility index (Phi) is 1.44. The van der Waals surface area contributed by atoms with E-state index in [1.165, 1.54) is 10.8 Å². The molecule has 66 valence electrons. The lowest BCUT2D eigenvalue weighted by Gasteiger charge is -1.92. The molecule has 0 fully saturated rings. The van der Waals surface area contributed by atoms with Gasteiger partial charge >= 0.3 is 5.95 Å². The number of nitrogens with one attached hydrogen (secondary N) is 1. The summed E-state index contributed by atoms with van der Waals surface area (Å²) in [4.78, 5) is 9.99. The van der Waals surface area contributed by atoms with E-state index in [0.717, 1.165) is 0 Å². The van der Waals surface area contributed by atoms with E-state index in [9.17, 15) is 10.1 Å². The molecule has 0 aromatic carbocycles. The van der Waals surface area contributed by atoms with Gasteiger partial charge in [0.25, 0.3) is 5.78 Å². The first kappa shape index (κ1) is 7.27. The van der Waals surface area contributed by atoms with Gasteiger partial charge in [0.15, 0.2) is 5.03 Å². The predicted octanol–water partition coefficient (Wildman–Crippen LogP) is -1.48. The first-order valence-corrected chi connectivity index (χ1v) is 3.07. The summed E-state index contributed by atoms with van der Waals surface area (Å²) in [6, 6.07) is 0. The standard InChI is InChI=1S/C3H2N8O2/c12-11(13)9-2-5-7-3-6-4-1-10(3)8-2/h1H,(H,8,9). The molecule has 2 aromatic rings. The SMILES string of the molecule is O=[N+]([O-])Nc1nnc2nncn2n1. The molecule has 0 radical (unpaired) electrons. The van der Waals surface area contributed by atoms with Crippen molar-refractivity contribution in [2.75, 3.05) is 5.43 Å². The average Bonchev–Trinajstić information content (AvgIpc) is 2.49. The van der Waals surface area contributed by atoms with Gasteiger partial charge in [-0.25, -0.2) is 10.1 Å². The summed E-state index contributed by atoms with van der Waals surface area (Å²) in [6.45, 7) is 0. The zero-order valence-corrected chi connectivity index (χ0v) is 6.02. The fourth-order valence-corrected chi connectivity index (χ4v) is 0.701. The Hall–Kier alpha value is -2.39. The Morgan fingerprint density at radius 1 is 1.46 bits per heavy atom. The minimum Gasteiger partial charge on any atom is -0.234 e. The minimum absolute atomic E-state index is 0.175. The van der Waals surface area contributed by atoms with Crippen molar-refractivity contribution in [2.24, 2.45) is 0 Å². The van der Waals surface area contributed by atoms with Crippen LogP contribution in [0.4, 0.5) is 5.95 Å². The lowest BCUT2D eigenvalue weighted by atomic mass is 11.0. The van der Waals surface area contributed by atoms with Crippen LogP contribution in [0.15, 0.2) is 6.33 Å². The van der Waals surface area contributed by atoms with Gasteiger partial charge in [0.2, 0.25) is 0 Å². The number of hydrogen-bond acceptors (Lipinski definition) is 7. The second-order valence-corrected chi connectivity index (χ2v) is 1.97. The molecule has 0 bridgehead atoms. The third kappa shape index (κ3) is 1.31. The van der Waals surface area contributed by atoms with Crippen molar-refractivity contribution < 1.29 is 5.03 Å². The zero-order valence-electron chi connectivity index (χ0n) is 6.02. The maximum absolute atomic E-state index is 9.99. The first-order chi connectivity index (χ1) is 6.25. The monoisotopic (exact) mass is 182 g/mol. The molecule has 0 atom stereocenters. The second kappa shape index (κ2) is 2.58.